The van der Waals surface area contributed by atoms with Gasteiger partial charge in [0.1, 0.15) is 0 Å². The molecule has 2 aromatic carbocycles. The lowest BCUT2D eigenvalue weighted by atomic mass is 9.80. The van der Waals surface area contributed by atoms with Crippen molar-refractivity contribution in [1.29, 1.82) is 0 Å². The highest BCUT2D eigenvalue weighted by Gasteiger charge is 2.26. The third-order valence-corrected chi connectivity index (χ3v) is 4.40. The first-order valence-corrected chi connectivity index (χ1v) is 8.00. The molecule has 3 heteroatoms. The van der Waals surface area contributed by atoms with Crippen LogP contribution < -0.4 is 10.9 Å². The zero-order chi connectivity index (χ0) is 15.2. The van der Waals surface area contributed by atoms with Gasteiger partial charge in [-0.05, 0) is 30.5 Å². The number of rotatable bonds is 4. The molecule has 3 rings (SSSR count). The summed E-state index contributed by atoms with van der Waals surface area (Å²) in [6.45, 7) is 0. The Morgan fingerprint density at radius 3 is 2.23 bits per heavy atom. The summed E-state index contributed by atoms with van der Waals surface area (Å²) in [7, 11) is 0. The minimum absolute atomic E-state index is 0.0713. The molecule has 1 aliphatic rings. The molecule has 1 aliphatic carbocycles. The smallest absolute Gasteiger partial charge is 0.265 e. The number of amides is 1. The molecule has 0 unspecified atom stereocenters. The van der Waals surface area contributed by atoms with E-state index in [0.29, 0.717) is 17.5 Å². The molecule has 1 saturated carbocycles. The van der Waals surface area contributed by atoms with E-state index in [-0.39, 0.29) is 5.91 Å². The van der Waals surface area contributed by atoms with Crippen molar-refractivity contribution in [3.63, 3.8) is 0 Å². The molecule has 0 spiro atoms. The quantitative estimate of drug-likeness (QED) is 0.845. The molecule has 0 bridgehead atoms. The van der Waals surface area contributed by atoms with Crippen molar-refractivity contribution >= 4 is 5.91 Å². The van der Waals surface area contributed by atoms with E-state index in [9.17, 15) is 4.79 Å². The Hall–Kier alpha value is -2.13. The maximum Gasteiger partial charge on any atom is 0.265 e. The Kier molecular flexibility index (Phi) is 4.86. The Bertz CT molecular complexity index is 597. The fourth-order valence-electron chi connectivity index (χ4n) is 3.22. The number of hydrazine groups is 1. The predicted octanol–water partition coefficient (Wildman–Crippen LogP) is 3.65. The molecule has 2 N–H and O–H groups in total. The average Bonchev–Trinajstić information content (AvgIpc) is 2.61. The van der Waals surface area contributed by atoms with Gasteiger partial charge in [-0.25, -0.2) is 5.43 Å². The van der Waals surface area contributed by atoms with Gasteiger partial charge < -0.3 is 0 Å². The van der Waals surface area contributed by atoms with Crippen LogP contribution in [0.2, 0.25) is 0 Å². The number of benzene rings is 2. The summed E-state index contributed by atoms with van der Waals surface area (Å²) in [5.41, 5.74) is 8.19. The maximum absolute atomic E-state index is 12.2. The minimum Gasteiger partial charge on any atom is -0.287 e. The fraction of sp³-hybridized carbons (Fsp3) is 0.316. The summed E-state index contributed by atoms with van der Waals surface area (Å²) in [6.07, 6.45) is 4.73. The largest absolute Gasteiger partial charge is 0.287 e. The number of hydrogen-bond acceptors (Lipinski definition) is 2. The summed E-state index contributed by atoms with van der Waals surface area (Å²) in [5.74, 6) is 0.393. The van der Waals surface area contributed by atoms with Gasteiger partial charge in [-0.3, -0.25) is 10.2 Å². The molecule has 0 heterocycles. The highest BCUT2D eigenvalue weighted by molar-refractivity contribution is 5.93. The SMILES string of the molecule is O=C(NN[C@H]1CCCC[C@@H]1c1ccccc1)c1ccccc1. The van der Waals surface area contributed by atoms with Gasteiger partial charge in [0.05, 0.1) is 0 Å². The third-order valence-electron chi connectivity index (χ3n) is 4.40. The lowest BCUT2D eigenvalue weighted by Crippen LogP contribution is -2.48. The number of carbonyl (C=O) groups excluding carboxylic acids is 1. The van der Waals surface area contributed by atoms with Crippen molar-refractivity contribution in [3.05, 3.63) is 71.8 Å². The van der Waals surface area contributed by atoms with E-state index in [0.717, 1.165) is 6.42 Å². The van der Waals surface area contributed by atoms with E-state index >= 15 is 0 Å². The molecule has 0 aromatic heterocycles. The molecule has 114 valence electrons. The monoisotopic (exact) mass is 294 g/mol. The van der Waals surface area contributed by atoms with Crippen LogP contribution in [0.5, 0.6) is 0 Å². The van der Waals surface area contributed by atoms with Crippen LogP contribution in [0.25, 0.3) is 0 Å². The van der Waals surface area contributed by atoms with Crippen LogP contribution >= 0.6 is 0 Å². The molecule has 0 radical (unpaired) electrons. The van der Waals surface area contributed by atoms with Gasteiger partial charge in [0.15, 0.2) is 0 Å². The minimum atomic E-state index is -0.0713. The normalized spacial score (nSPS) is 21.3. The van der Waals surface area contributed by atoms with E-state index in [1.54, 1.807) is 0 Å². The highest BCUT2D eigenvalue weighted by Crippen LogP contribution is 2.32. The molecule has 2 aromatic rings. The summed E-state index contributed by atoms with van der Waals surface area (Å²) >= 11 is 0. The van der Waals surface area contributed by atoms with Gasteiger partial charge in [0.2, 0.25) is 0 Å². The zero-order valence-electron chi connectivity index (χ0n) is 12.7. The Morgan fingerprint density at radius 1 is 0.864 bits per heavy atom. The van der Waals surface area contributed by atoms with Crippen LogP contribution in [-0.2, 0) is 0 Å². The summed E-state index contributed by atoms with van der Waals surface area (Å²) in [4.78, 5) is 12.2. The van der Waals surface area contributed by atoms with Gasteiger partial charge >= 0.3 is 0 Å². The predicted molar refractivity (Wildman–Crippen MR) is 88.5 cm³/mol. The standard InChI is InChI=1S/C19H22N2O/c22-19(16-11-5-2-6-12-16)21-20-18-14-8-7-13-17(18)15-9-3-1-4-10-15/h1-6,9-12,17-18,20H,7-8,13-14H2,(H,21,22)/t17-,18+/m1/s1. The first-order chi connectivity index (χ1) is 10.8. The lowest BCUT2D eigenvalue weighted by Gasteiger charge is -2.32. The van der Waals surface area contributed by atoms with Crippen LogP contribution in [0.15, 0.2) is 60.7 Å². The van der Waals surface area contributed by atoms with E-state index in [1.165, 1.54) is 24.8 Å². The van der Waals surface area contributed by atoms with E-state index in [1.807, 2.05) is 36.4 Å². The molecule has 0 saturated heterocycles. The second-order valence-corrected chi connectivity index (χ2v) is 5.87. The molecular formula is C19H22N2O. The second kappa shape index (κ2) is 7.23. The van der Waals surface area contributed by atoms with Gasteiger partial charge in [-0.15, -0.1) is 0 Å². The lowest BCUT2D eigenvalue weighted by molar-refractivity contribution is 0.0916. The molecule has 2 atom stereocenters. The van der Waals surface area contributed by atoms with Crippen LogP contribution in [0.4, 0.5) is 0 Å². The van der Waals surface area contributed by atoms with E-state index < -0.39 is 0 Å². The summed E-state index contributed by atoms with van der Waals surface area (Å²) in [6, 6.07) is 20.2. The fourth-order valence-corrected chi connectivity index (χ4v) is 3.22. The van der Waals surface area contributed by atoms with Crippen LogP contribution in [0.3, 0.4) is 0 Å². The molecular weight excluding hydrogens is 272 g/mol. The van der Waals surface area contributed by atoms with Crippen LogP contribution in [0.1, 0.15) is 47.5 Å². The summed E-state index contributed by atoms with van der Waals surface area (Å²) < 4.78 is 0. The third kappa shape index (κ3) is 3.55. The van der Waals surface area contributed by atoms with Gasteiger partial charge in [-0.2, -0.15) is 0 Å². The van der Waals surface area contributed by atoms with Crippen molar-refractivity contribution < 1.29 is 4.79 Å². The van der Waals surface area contributed by atoms with Crippen molar-refractivity contribution in [2.75, 3.05) is 0 Å². The van der Waals surface area contributed by atoms with Crippen molar-refractivity contribution in [3.8, 4) is 0 Å². The Labute approximate surface area is 131 Å². The highest BCUT2D eigenvalue weighted by atomic mass is 16.2. The van der Waals surface area contributed by atoms with Gasteiger partial charge in [0.25, 0.3) is 5.91 Å². The number of nitrogens with one attached hydrogen (secondary N) is 2. The Morgan fingerprint density at radius 2 is 1.50 bits per heavy atom. The molecule has 3 nitrogen and oxygen atoms in total. The number of carbonyl (C=O) groups is 1. The maximum atomic E-state index is 12.2. The van der Waals surface area contributed by atoms with Crippen molar-refractivity contribution in [2.45, 2.75) is 37.6 Å². The van der Waals surface area contributed by atoms with Crippen molar-refractivity contribution in [2.24, 2.45) is 0 Å². The zero-order valence-corrected chi connectivity index (χ0v) is 12.7. The van der Waals surface area contributed by atoms with Crippen molar-refractivity contribution in [1.82, 2.24) is 10.9 Å². The first kappa shape index (κ1) is 14.8. The Balaban J connectivity index is 1.64. The topological polar surface area (TPSA) is 41.1 Å². The van der Waals surface area contributed by atoms with Gasteiger partial charge in [-0.1, -0.05) is 61.4 Å². The average molecular weight is 294 g/mol. The second-order valence-electron chi connectivity index (χ2n) is 5.87. The van der Waals surface area contributed by atoms with E-state index in [4.69, 9.17) is 0 Å². The van der Waals surface area contributed by atoms with Crippen LogP contribution in [-0.4, -0.2) is 11.9 Å². The molecule has 0 aliphatic heterocycles. The van der Waals surface area contributed by atoms with Crippen LogP contribution in [0, 0.1) is 0 Å². The van der Waals surface area contributed by atoms with Gasteiger partial charge in [0, 0.05) is 17.5 Å². The number of hydrogen-bond donors (Lipinski definition) is 2. The van der Waals surface area contributed by atoms with E-state index in [2.05, 4.69) is 35.1 Å². The summed E-state index contributed by atoms with van der Waals surface area (Å²) in [5, 5.41) is 0. The molecule has 22 heavy (non-hydrogen) atoms. The molecule has 1 fully saturated rings. The molecule has 1 amide bonds. The first-order valence-electron chi connectivity index (χ1n) is 8.00.